The molecule has 2 N–H and O–H groups in total. The van der Waals surface area contributed by atoms with E-state index in [1.165, 1.54) is 12.1 Å². The first-order valence-electron chi connectivity index (χ1n) is 5.98. The summed E-state index contributed by atoms with van der Waals surface area (Å²) in [7, 11) is -3.64. The summed E-state index contributed by atoms with van der Waals surface area (Å²) in [4.78, 5) is 0.0214. The molecule has 0 bridgehead atoms. The minimum Gasteiger partial charge on any atom is -0.315 e. The van der Waals surface area contributed by atoms with Crippen molar-refractivity contribution in [2.75, 3.05) is 13.1 Å². The number of hydrogen-bond donors (Lipinski definition) is 2. The van der Waals surface area contributed by atoms with E-state index in [0.29, 0.717) is 12.1 Å². The summed E-state index contributed by atoms with van der Waals surface area (Å²) in [6.45, 7) is 3.19. The first-order valence-corrected chi connectivity index (χ1v) is 7.46. The van der Waals surface area contributed by atoms with Crippen LogP contribution in [0.1, 0.15) is 18.4 Å². The lowest BCUT2D eigenvalue weighted by Crippen LogP contribution is -2.45. The molecule has 1 aromatic rings. The van der Waals surface area contributed by atoms with E-state index < -0.39 is 15.8 Å². The average molecular weight is 309 g/mol. The Labute approximate surface area is 119 Å². The van der Waals surface area contributed by atoms with Crippen molar-refractivity contribution < 1.29 is 12.8 Å². The molecule has 2 rings (SSSR count). The van der Waals surface area contributed by atoms with Gasteiger partial charge in [0.25, 0.3) is 0 Å². The van der Waals surface area contributed by atoms with E-state index >= 15 is 0 Å². The molecule has 1 fully saturated rings. The smallest absolute Gasteiger partial charge is 0.241 e. The molecule has 108 valence electrons. The molecular weight excluding hydrogens is 291 g/mol. The van der Waals surface area contributed by atoms with Crippen LogP contribution in [0.2, 0.25) is 0 Å². The average Bonchev–Trinajstić information content (AvgIpc) is 2.33. The van der Waals surface area contributed by atoms with Crippen molar-refractivity contribution in [2.45, 2.75) is 30.7 Å². The maximum atomic E-state index is 13.2. The van der Waals surface area contributed by atoms with Crippen LogP contribution < -0.4 is 10.0 Å². The van der Waals surface area contributed by atoms with Crippen molar-refractivity contribution in [2.24, 2.45) is 0 Å². The van der Waals surface area contributed by atoms with Gasteiger partial charge in [0.15, 0.2) is 0 Å². The number of nitrogens with one attached hydrogen (secondary N) is 2. The van der Waals surface area contributed by atoms with Gasteiger partial charge in [0.2, 0.25) is 10.0 Å². The van der Waals surface area contributed by atoms with Gasteiger partial charge in [0.05, 0.1) is 4.90 Å². The van der Waals surface area contributed by atoms with Crippen LogP contribution in [-0.4, -0.2) is 27.5 Å². The van der Waals surface area contributed by atoms with Crippen LogP contribution in [0, 0.1) is 12.7 Å². The molecule has 0 aliphatic carbocycles. The zero-order valence-electron chi connectivity index (χ0n) is 10.6. The molecule has 1 aromatic carbocycles. The molecule has 0 saturated carbocycles. The van der Waals surface area contributed by atoms with E-state index in [1.54, 1.807) is 6.92 Å². The standard InChI is InChI=1S/C12H17FN2O2S.ClH/c1-9-4-5-10(13)7-12(9)18(16,17)15-11-3-2-6-14-8-11;/h4-5,7,11,14-15H,2-3,6,8H2,1H3;1H/t11-;/m0./s1. The Hall–Kier alpha value is -0.690. The predicted molar refractivity (Wildman–Crippen MR) is 74.6 cm³/mol. The fourth-order valence-electron chi connectivity index (χ4n) is 2.10. The van der Waals surface area contributed by atoms with Crippen molar-refractivity contribution in [1.29, 1.82) is 0 Å². The van der Waals surface area contributed by atoms with Gasteiger partial charge in [-0.1, -0.05) is 6.07 Å². The van der Waals surface area contributed by atoms with Crippen LogP contribution in [0.15, 0.2) is 23.1 Å². The number of piperidine rings is 1. The summed E-state index contributed by atoms with van der Waals surface area (Å²) in [5, 5.41) is 3.13. The summed E-state index contributed by atoms with van der Waals surface area (Å²) in [5.41, 5.74) is 0.549. The Morgan fingerprint density at radius 2 is 2.16 bits per heavy atom. The van der Waals surface area contributed by atoms with Gasteiger partial charge >= 0.3 is 0 Å². The molecule has 1 aliphatic heterocycles. The molecule has 19 heavy (non-hydrogen) atoms. The van der Waals surface area contributed by atoms with Crippen LogP contribution in [0.25, 0.3) is 0 Å². The highest BCUT2D eigenvalue weighted by Gasteiger charge is 2.23. The quantitative estimate of drug-likeness (QED) is 0.891. The maximum Gasteiger partial charge on any atom is 0.241 e. The second-order valence-electron chi connectivity index (χ2n) is 4.57. The lowest BCUT2D eigenvalue weighted by Gasteiger charge is -2.24. The second-order valence-corrected chi connectivity index (χ2v) is 6.26. The van der Waals surface area contributed by atoms with Crippen LogP contribution in [0.5, 0.6) is 0 Å². The van der Waals surface area contributed by atoms with Gasteiger partial charge in [-0.25, -0.2) is 17.5 Å². The highest BCUT2D eigenvalue weighted by molar-refractivity contribution is 7.89. The molecule has 0 aromatic heterocycles. The van der Waals surface area contributed by atoms with Crippen LogP contribution in [0.3, 0.4) is 0 Å². The predicted octanol–water partition coefficient (Wildman–Crippen LogP) is 1.59. The number of rotatable bonds is 3. The van der Waals surface area contributed by atoms with Gasteiger partial charge < -0.3 is 5.32 Å². The van der Waals surface area contributed by atoms with Gasteiger partial charge in [-0.3, -0.25) is 0 Å². The van der Waals surface area contributed by atoms with E-state index in [2.05, 4.69) is 10.0 Å². The number of halogens is 2. The number of benzene rings is 1. The summed E-state index contributed by atoms with van der Waals surface area (Å²) in [6, 6.07) is 3.68. The molecule has 7 heteroatoms. The lowest BCUT2D eigenvalue weighted by molar-refractivity contribution is 0.428. The number of sulfonamides is 1. The fraction of sp³-hybridized carbons (Fsp3) is 0.500. The topological polar surface area (TPSA) is 58.2 Å². The first kappa shape index (κ1) is 16.4. The second kappa shape index (κ2) is 6.65. The number of aryl methyl sites for hydroxylation is 1. The van der Waals surface area contributed by atoms with Crippen LogP contribution in [0.4, 0.5) is 4.39 Å². The van der Waals surface area contributed by atoms with Gasteiger partial charge in [-0.2, -0.15) is 0 Å². The highest BCUT2D eigenvalue weighted by Crippen LogP contribution is 2.17. The SMILES string of the molecule is Cc1ccc(F)cc1S(=O)(=O)N[C@H]1CCCNC1.Cl. The Bertz CT molecular complexity index is 531. The largest absolute Gasteiger partial charge is 0.315 e. The Morgan fingerprint density at radius 3 is 2.79 bits per heavy atom. The molecule has 1 heterocycles. The van der Waals surface area contributed by atoms with Gasteiger partial charge in [0.1, 0.15) is 5.82 Å². The third kappa shape index (κ3) is 4.14. The Kier molecular flexibility index (Phi) is 5.73. The highest BCUT2D eigenvalue weighted by atomic mass is 35.5. The molecule has 0 amide bonds. The molecular formula is C12H18ClFN2O2S. The van der Waals surface area contributed by atoms with E-state index in [4.69, 9.17) is 0 Å². The first-order chi connectivity index (χ1) is 8.49. The zero-order valence-corrected chi connectivity index (χ0v) is 12.3. The molecule has 1 aliphatic rings. The number of hydrogen-bond acceptors (Lipinski definition) is 3. The van der Waals surface area contributed by atoms with E-state index in [-0.39, 0.29) is 23.3 Å². The molecule has 0 spiro atoms. The monoisotopic (exact) mass is 308 g/mol. The third-order valence-electron chi connectivity index (χ3n) is 3.06. The summed E-state index contributed by atoms with van der Waals surface area (Å²) in [6.07, 6.45) is 1.75. The van der Waals surface area contributed by atoms with Crippen molar-refractivity contribution >= 4 is 22.4 Å². The van der Waals surface area contributed by atoms with Crippen molar-refractivity contribution in [1.82, 2.24) is 10.0 Å². The lowest BCUT2D eigenvalue weighted by atomic mass is 10.1. The minimum absolute atomic E-state index is 0. The van der Waals surface area contributed by atoms with Crippen LogP contribution in [-0.2, 0) is 10.0 Å². The maximum absolute atomic E-state index is 13.2. The molecule has 4 nitrogen and oxygen atoms in total. The van der Waals surface area contributed by atoms with Gasteiger partial charge in [-0.05, 0) is 44.0 Å². The summed E-state index contributed by atoms with van der Waals surface area (Å²) >= 11 is 0. The van der Waals surface area contributed by atoms with E-state index in [1.807, 2.05) is 0 Å². The third-order valence-corrected chi connectivity index (χ3v) is 4.72. The zero-order chi connectivity index (χ0) is 13.2. The minimum atomic E-state index is -3.64. The molecule has 1 atom stereocenters. The van der Waals surface area contributed by atoms with E-state index in [9.17, 15) is 12.8 Å². The Morgan fingerprint density at radius 1 is 1.42 bits per heavy atom. The normalized spacial score (nSPS) is 19.8. The van der Waals surface area contributed by atoms with E-state index in [0.717, 1.165) is 25.5 Å². The van der Waals surface area contributed by atoms with Crippen LogP contribution >= 0.6 is 12.4 Å². The molecule has 1 saturated heterocycles. The fourth-order valence-corrected chi connectivity index (χ4v) is 3.63. The Balaban J connectivity index is 0.00000180. The van der Waals surface area contributed by atoms with Crippen molar-refractivity contribution in [3.63, 3.8) is 0 Å². The summed E-state index contributed by atoms with van der Waals surface area (Å²) < 4.78 is 40.1. The van der Waals surface area contributed by atoms with Crippen molar-refractivity contribution in [3.8, 4) is 0 Å². The summed E-state index contributed by atoms with van der Waals surface area (Å²) in [5.74, 6) is -0.539. The van der Waals surface area contributed by atoms with Crippen molar-refractivity contribution in [3.05, 3.63) is 29.6 Å². The van der Waals surface area contributed by atoms with Gasteiger partial charge in [0, 0.05) is 12.6 Å². The molecule has 0 radical (unpaired) electrons. The molecule has 0 unspecified atom stereocenters. The van der Waals surface area contributed by atoms with Gasteiger partial charge in [-0.15, -0.1) is 12.4 Å².